The molecule has 0 spiro atoms. The topological polar surface area (TPSA) is 58.3 Å². The summed E-state index contributed by atoms with van der Waals surface area (Å²) in [6, 6.07) is 9.28. The maximum Gasteiger partial charge on any atom is 0.193 e. The van der Waals surface area contributed by atoms with E-state index in [1.807, 2.05) is 21.1 Å². The van der Waals surface area contributed by atoms with Crippen molar-refractivity contribution in [3.8, 4) is 0 Å². The van der Waals surface area contributed by atoms with Crippen molar-refractivity contribution in [1.29, 1.82) is 0 Å². The highest BCUT2D eigenvalue weighted by atomic mass is 15.4. The van der Waals surface area contributed by atoms with Gasteiger partial charge in [-0.25, -0.2) is 4.98 Å². The van der Waals surface area contributed by atoms with E-state index in [0.717, 1.165) is 18.3 Å². The number of hydrogen-bond acceptors (Lipinski definition) is 3. The van der Waals surface area contributed by atoms with Crippen LogP contribution in [0.25, 0.3) is 0 Å². The lowest BCUT2D eigenvalue weighted by atomic mass is 9.78. The lowest BCUT2D eigenvalue weighted by Crippen LogP contribution is -2.45. The summed E-state index contributed by atoms with van der Waals surface area (Å²) in [5, 5.41) is 7.79. The predicted octanol–water partition coefficient (Wildman–Crippen LogP) is 3.46. The summed E-state index contributed by atoms with van der Waals surface area (Å²) in [7, 11) is 5.80. The first-order valence-corrected chi connectivity index (χ1v) is 10.3. The molecule has 2 aromatic rings. The molecule has 0 unspecified atom stereocenters. The molecule has 0 amide bonds. The third-order valence-electron chi connectivity index (χ3n) is 6.09. The Balaban J connectivity index is 1.70. The van der Waals surface area contributed by atoms with Gasteiger partial charge in [-0.15, -0.1) is 0 Å². The van der Waals surface area contributed by atoms with Gasteiger partial charge >= 0.3 is 0 Å². The van der Waals surface area contributed by atoms with Crippen molar-refractivity contribution < 1.29 is 0 Å². The minimum Gasteiger partial charge on any atom is -0.355 e. The van der Waals surface area contributed by atoms with Crippen molar-refractivity contribution in [3.63, 3.8) is 0 Å². The van der Waals surface area contributed by atoms with E-state index in [1.165, 1.54) is 36.8 Å². The minimum atomic E-state index is 0.192. The zero-order valence-corrected chi connectivity index (χ0v) is 17.9. The van der Waals surface area contributed by atoms with Crippen LogP contribution in [0.5, 0.6) is 0 Å². The van der Waals surface area contributed by atoms with Gasteiger partial charge in [0.1, 0.15) is 12.2 Å². The molecule has 0 bridgehead atoms. The minimum absolute atomic E-state index is 0.192. The molecule has 3 rings (SSSR count). The summed E-state index contributed by atoms with van der Waals surface area (Å²) in [5.41, 5.74) is 3.05. The van der Waals surface area contributed by atoms with Crippen LogP contribution in [0.3, 0.4) is 0 Å². The van der Waals surface area contributed by atoms with Gasteiger partial charge in [-0.2, -0.15) is 5.10 Å². The fourth-order valence-corrected chi connectivity index (χ4v) is 4.22. The molecule has 1 aliphatic carbocycles. The van der Waals surface area contributed by atoms with Crippen molar-refractivity contribution in [2.75, 3.05) is 20.6 Å². The molecule has 1 saturated carbocycles. The molecule has 152 valence electrons. The summed E-state index contributed by atoms with van der Waals surface area (Å²) in [5.74, 6) is 2.39. The van der Waals surface area contributed by atoms with Crippen LogP contribution in [-0.4, -0.2) is 46.3 Å². The molecule has 0 atom stereocenters. The van der Waals surface area contributed by atoms with Crippen molar-refractivity contribution >= 4 is 5.96 Å². The highest BCUT2D eigenvalue weighted by Gasteiger charge is 2.36. The first kappa shape index (κ1) is 20.4. The number of nitrogens with one attached hydrogen (secondary N) is 1. The van der Waals surface area contributed by atoms with Crippen molar-refractivity contribution in [1.82, 2.24) is 25.0 Å². The lowest BCUT2D eigenvalue weighted by molar-refractivity contribution is 0.403. The van der Waals surface area contributed by atoms with Gasteiger partial charge in [0.25, 0.3) is 0 Å². The van der Waals surface area contributed by atoms with E-state index in [1.54, 1.807) is 11.0 Å². The fourth-order valence-electron chi connectivity index (χ4n) is 4.22. The van der Waals surface area contributed by atoms with Crippen LogP contribution in [-0.2, 0) is 19.0 Å². The van der Waals surface area contributed by atoms with Gasteiger partial charge < -0.3 is 10.2 Å². The number of guanidine groups is 1. The second-order valence-corrected chi connectivity index (χ2v) is 8.32. The van der Waals surface area contributed by atoms with E-state index in [0.29, 0.717) is 12.5 Å². The van der Waals surface area contributed by atoms with Gasteiger partial charge in [-0.05, 0) is 29.9 Å². The van der Waals surface area contributed by atoms with E-state index in [2.05, 4.69) is 63.4 Å². The Morgan fingerprint density at radius 3 is 2.46 bits per heavy atom. The first-order chi connectivity index (χ1) is 13.4. The number of nitrogens with zero attached hydrogens (tertiary/aromatic N) is 5. The molecule has 6 nitrogen and oxygen atoms in total. The lowest BCUT2D eigenvalue weighted by Gasteiger charge is -2.32. The van der Waals surface area contributed by atoms with Crippen LogP contribution in [0.2, 0.25) is 0 Å². The maximum absolute atomic E-state index is 4.50. The average molecular weight is 383 g/mol. The molecule has 1 heterocycles. The largest absolute Gasteiger partial charge is 0.355 e. The average Bonchev–Trinajstić information content (AvgIpc) is 3.33. The summed E-state index contributed by atoms with van der Waals surface area (Å²) in [6.45, 7) is 6.08. The summed E-state index contributed by atoms with van der Waals surface area (Å²) >= 11 is 0. The summed E-state index contributed by atoms with van der Waals surface area (Å²) < 4.78 is 1.80. The van der Waals surface area contributed by atoms with Gasteiger partial charge in [0, 0.05) is 33.1 Å². The fraction of sp³-hybridized carbons (Fsp3) is 0.591. The number of benzene rings is 1. The first-order valence-electron chi connectivity index (χ1n) is 10.3. The molecule has 6 heteroatoms. The molecule has 0 aliphatic heterocycles. The molecule has 28 heavy (non-hydrogen) atoms. The predicted molar refractivity (Wildman–Crippen MR) is 115 cm³/mol. The van der Waals surface area contributed by atoms with Crippen LogP contribution in [0.4, 0.5) is 0 Å². The molecule has 1 aliphatic rings. The molecule has 1 aromatic carbocycles. The Labute approximate surface area is 169 Å². The number of aromatic nitrogens is 3. The van der Waals surface area contributed by atoms with Crippen molar-refractivity contribution in [3.05, 3.63) is 47.5 Å². The number of hydrogen-bond donors (Lipinski definition) is 1. The Morgan fingerprint density at radius 1 is 1.25 bits per heavy atom. The summed E-state index contributed by atoms with van der Waals surface area (Å²) in [4.78, 5) is 10.9. The van der Waals surface area contributed by atoms with Crippen LogP contribution >= 0.6 is 0 Å². The van der Waals surface area contributed by atoms with Crippen LogP contribution in [0, 0.1) is 0 Å². The normalized spacial score (nSPS) is 16.6. The smallest absolute Gasteiger partial charge is 0.193 e. The van der Waals surface area contributed by atoms with E-state index in [9.17, 15) is 0 Å². The van der Waals surface area contributed by atoms with Crippen LogP contribution in [0.1, 0.15) is 62.4 Å². The summed E-state index contributed by atoms with van der Waals surface area (Å²) in [6.07, 6.45) is 6.63. The SMILES string of the molecule is CN=C(NCC1(c2ccc(C(C)C)cc2)CCCC1)N(C)Cc1ncnn1C. The number of aliphatic imine (C=N–C) groups is 1. The molecular weight excluding hydrogens is 348 g/mol. The Kier molecular flexibility index (Phi) is 6.37. The van der Waals surface area contributed by atoms with Gasteiger partial charge in [-0.3, -0.25) is 9.67 Å². The standard InChI is InChI=1S/C22H34N6/c1-17(2)18-8-10-19(11-9-18)22(12-6-7-13-22)15-24-21(23-3)27(4)14-20-25-16-26-28(20)5/h8-11,16-17H,6-7,12-15H2,1-5H3,(H,23,24). The van der Waals surface area contributed by atoms with Gasteiger partial charge in [0.2, 0.25) is 0 Å². The van der Waals surface area contributed by atoms with Gasteiger partial charge in [-0.1, -0.05) is 51.0 Å². The van der Waals surface area contributed by atoms with Crippen molar-refractivity contribution in [2.24, 2.45) is 12.0 Å². The second-order valence-electron chi connectivity index (χ2n) is 8.32. The van der Waals surface area contributed by atoms with Crippen LogP contribution < -0.4 is 5.32 Å². The molecule has 0 radical (unpaired) electrons. The molecule has 0 saturated heterocycles. The van der Waals surface area contributed by atoms with E-state index in [-0.39, 0.29) is 5.41 Å². The van der Waals surface area contributed by atoms with Gasteiger partial charge in [0.15, 0.2) is 5.96 Å². The van der Waals surface area contributed by atoms with E-state index < -0.39 is 0 Å². The highest BCUT2D eigenvalue weighted by Crippen LogP contribution is 2.41. The zero-order valence-electron chi connectivity index (χ0n) is 17.9. The Bertz CT molecular complexity index is 784. The maximum atomic E-state index is 4.50. The monoisotopic (exact) mass is 382 g/mol. The second kappa shape index (κ2) is 8.76. The van der Waals surface area contributed by atoms with E-state index in [4.69, 9.17) is 0 Å². The third kappa shape index (κ3) is 4.37. The zero-order chi connectivity index (χ0) is 20.1. The Hall–Kier alpha value is -2.37. The Morgan fingerprint density at radius 2 is 1.93 bits per heavy atom. The highest BCUT2D eigenvalue weighted by molar-refractivity contribution is 5.79. The molecule has 1 N–H and O–H groups in total. The van der Waals surface area contributed by atoms with Gasteiger partial charge in [0.05, 0.1) is 6.54 Å². The molecule has 1 aromatic heterocycles. The third-order valence-corrected chi connectivity index (χ3v) is 6.09. The quantitative estimate of drug-likeness (QED) is 0.614. The number of aryl methyl sites for hydroxylation is 1. The van der Waals surface area contributed by atoms with Crippen LogP contribution in [0.15, 0.2) is 35.6 Å². The molecule has 1 fully saturated rings. The molecular formula is C22H34N6. The number of rotatable bonds is 6. The van der Waals surface area contributed by atoms with Crippen molar-refractivity contribution in [2.45, 2.75) is 57.4 Å². The van der Waals surface area contributed by atoms with E-state index >= 15 is 0 Å².